The molecule has 0 amide bonds. The second kappa shape index (κ2) is 8.52. The first-order valence-corrected chi connectivity index (χ1v) is 7.55. The summed E-state index contributed by atoms with van der Waals surface area (Å²) >= 11 is 0. The number of hydrogen-bond acceptors (Lipinski definition) is 4. The molecule has 6 heteroatoms. The van der Waals surface area contributed by atoms with Crippen LogP contribution in [0.25, 0.3) is 0 Å². The van der Waals surface area contributed by atoms with Gasteiger partial charge in [0.25, 0.3) is 11.9 Å². The van der Waals surface area contributed by atoms with Crippen molar-refractivity contribution in [3.8, 4) is 0 Å². The Morgan fingerprint density at radius 2 is 1.19 bits per heavy atom. The maximum Gasteiger partial charge on any atom is 0.314 e. The van der Waals surface area contributed by atoms with Crippen molar-refractivity contribution in [3.05, 3.63) is 0 Å². The van der Waals surface area contributed by atoms with Crippen LogP contribution >= 0.6 is 0 Å². The zero-order valence-electron chi connectivity index (χ0n) is 10.2. The molecule has 0 unspecified atom stereocenters. The maximum absolute atomic E-state index is 11.1. The Morgan fingerprint density at radius 3 is 1.44 bits per heavy atom. The quantitative estimate of drug-likeness (QED) is 0.512. The van der Waals surface area contributed by atoms with Crippen molar-refractivity contribution >= 4 is 31.5 Å². The van der Waals surface area contributed by atoms with Gasteiger partial charge in [0.15, 0.2) is 0 Å². The van der Waals surface area contributed by atoms with Crippen LogP contribution in [0.2, 0.25) is 12.1 Å². The molecule has 0 aliphatic rings. The van der Waals surface area contributed by atoms with Crippen molar-refractivity contribution in [1.29, 1.82) is 0 Å². The molecule has 0 aliphatic heterocycles. The lowest BCUT2D eigenvalue weighted by molar-refractivity contribution is -0.138. The highest BCUT2D eigenvalue weighted by Crippen LogP contribution is 1.99. The molecule has 0 atom stereocenters. The first-order chi connectivity index (χ1) is 7.45. The lowest BCUT2D eigenvalue weighted by atomic mass is 10.2. The lowest BCUT2D eigenvalue weighted by Gasteiger charge is -2.06. The number of rotatable bonds is 7. The fourth-order valence-electron chi connectivity index (χ4n) is 0.582. The van der Waals surface area contributed by atoms with Crippen LogP contribution in [0.15, 0.2) is 0 Å². The van der Waals surface area contributed by atoms with Gasteiger partial charge in [0.05, 0.1) is 0 Å². The van der Waals surface area contributed by atoms with E-state index >= 15 is 0 Å². The Balaban J connectivity index is 3.35. The molecule has 16 heavy (non-hydrogen) atoms. The largest absolute Gasteiger partial charge is 0.516 e. The van der Waals surface area contributed by atoms with Crippen molar-refractivity contribution in [1.82, 2.24) is 0 Å². The third kappa shape index (κ3) is 7.64. The van der Waals surface area contributed by atoms with E-state index in [1.54, 1.807) is 27.7 Å². The number of carbonyl (C=O) groups is 2. The zero-order chi connectivity index (χ0) is 12.6. The fraction of sp³-hybridized carbons (Fsp3) is 0.800. The van der Waals surface area contributed by atoms with Crippen molar-refractivity contribution in [3.63, 3.8) is 0 Å². The molecule has 0 aromatic carbocycles. The van der Waals surface area contributed by atoms with Gasteiger partial charge in [-0.1, -0.05) is 27.7 Å². The van der Waals surface area contributed by atoms with Crippen LogP contribution in [0.4, 0.5) is 0 Å². The van der Waals surface area contributed by atoms with E-state index in [1.807, 2.05) is 0 Å². The highest BCUT2D eigenvalue weighted by molar-refractivity contribution is 6.37. The normalized spacial score (nSPS) is 10.6. The van der Waals surface area contributed by atoms with Gasteiger partial charge in [-0.2, -0.15) is 0 Å². The van der Waals surface area contributed by atoms with Crippen molar-refractivity contribution < 1.29 is 18.4 Å². The average Bonchev–Trinajstić information content (AvgIpc) is 2.21. The predicted molar refractivity (Wildman–Crippen MR) is 63.0 cm³/mol. The van der Waals surface area contributed by atoms with Gasteiger partial charge in [-0.05, 0) is 12.1 Å². The Hall–Kier alpha value is -0.626. The van der Waals surface area contributed by atoms with E-state index in [9.17, 15) is 9.59 Å². The van der Waals surface area contributed by atoms with Crippen LogP contribution in [-0.2, 0) is 18.4 Å². The summed E-state index contributed by atoms with van der Waals surface area (Å²) in [5, 5.41) is 0. The molecule has 0 rings (SSSR count). The van der Waals surface area contributed by atoms with Gasteiger partial charge in [-0.3, -0.25) is 9.59 Å². The number of hydrogen-bond donors (Lipinski definition) is 0. The average molecular weight is 258 g/mol. The van der Waals surface area contributed by atoms with Gasteiger partial charge in [-0.15, -0.1) is 0 Å². The van der Waals surface area contributed by atoms with E-state index in [0.29, 0.717) is 0 Å². The van der Waals surface area contributed by atoms with Gasteiger partial charge >= 0.3 is 19.5 Å². The molecular weight excluding hydrogens is 240 g/mol. The van der Waals surface area contributed by atoms with Crippen LogP contribution < -0.4 is 0 Å². The molecule has 0 saturated heterocycles. The minimum atomic E-state index is -0.166. The van der Waals surface area contributed by atoms with E-state index in [-0.39, 0.29) is 43.3 Å². The van der Waals surface area contributed by atoms with Crippen LogP contribution in [-0.4, -0.2) is 31.5 Å². The van der Waals surface area contributed by atoms with E-state index in [1.165, 1.54) is 0 Å². The molecule has 0 bridgehead atoms. The second-order valence-corrected chi connectivity index (χ2v) is 5.93. The van der Waals surface area contributed by atoms with Gasteiger partial charge in [0, 0.05) is 11.8 Å². The summed E-state index contributed by atoms with van der Waals surface area (Å²) in [5.74, 6) is -0.482. The van der Waals surface area contributed by atoms with Crippen LogP contribution in [0.3, 0.4) is 0 Å². The Labute approximate surface area is 102 Å². The van der Waals surface area contributed by atoms with Gasteiger partial charge in [0.1, 0.15) is 0 Å². The van der Waals surface area contributed by atoms with E-state index in [2.05, 4.69) is 0 Å². The van der Waals surface area contributed by atoms with Crippen LogP contribution in [0.5, 0.6) is 0 Å². The van der Waals surface area contributed by atoms with Gasteiger partial charge in [-0.25, -0.2) is 0 Å². The molecule has 90 valence electrons. The first-order valence-electron chi connectivity index (χ1n) is 5.32. The van der Waals surface area contributed by atoms with Gasteiger partial charge < -0.3 is 8.85 Å². The third-order valence-corrected chi connectivity index (χ3v) is 3.72. The second-order valence-electron chi connectivity index (χ2n) is 3.94. The number of carbonyl (C=O) groups excluding carboxylic acids is 2. The minimum absolute atomic E-state index is 0.0753. The third-order valence-electron chi connectivity index (χ3n) is 1.62. The highest BCUT2D eigenvalue weighted by Gasteiger charge is 2.10. The van der Waals surface area contributed by atoms with E-state index in [0.717, 1.165) is 12.1 Å². The molecule has 4 radical (unpaired) electrons. The zero-order valence-corrected chi connectivity index (χ0v) is 12.2. The van der Waals surface area contributed by atoms with E-state index in [4.69, 9.17) is 8.85 Å². The Kier molecular flexibility index (Phi) is 8.18. The summed E-state index contributed by atoms with van der Waals surface area (Å²) in [6, 6.07) is 1.53. The first kappa shape index (κ1) is 15.4. The lowest BCUT2D eigenvalue weighted by Crippen LogP contribution is -2.16. The van der Waals surface area contributed by atoms with Crippen LogP contribution in [0.1, 0.15) is 27.7 Å². The molecule has 0 aliphatic carbocycles. The SMILES string of the molecule is CC(C)C(=O)O[Si]CC[Si]OC(=O)C(C)C. The summed E-state index contributed by atoms with van der Waals surface area (Å²) in [4.78, 5) is 22.1. The van der Waals surface area contributed by atoms with Crippen molar-refractivity contribution in [2.24, 2.45) is 11.8 Å². The summed E-state index contributed by atoms with van der Waals surface area (Å²) in [6.07, 6.45) is 0. The van der Waals surface area contributed by atoms with E-state index < -0.39 is 0 Å². The topological polar surface area (TPSA) is 52.6 Å². The maximum atomic E-state index is 11.1. The van der Waals surface area contributed by atoms with Crippen molar-refractivity contribution in [2.75, 3.05) is 0 Å². The molecule has 0 aromatic rings. The summed E-state index contributed by atoms with van der Waals surface area (Å²) in [5.41, 5.74) is 0. The molecule has 0 spiro atoms. The van der Waals surface area contributed by atoms with Crippen LogP contribution in [0, 0.1) is 11.8 Å². The van der Waals surface area contributed by atoms with Gasteiger partial charge in [0.2, 0.25) is 0 Å². The molecule has 0 saturated carbocycles. The summed E-state index contributed by atoms with van der Waals surface area (Å²) < 4.78 is 10.0. The highest BCUT2D eigenvalue weighted by atomic mass is 28.2. The molecule has 0 heterocycles. The molecule has 4 nitrogen and oxygen atoms in total. The molecular formula is C10H18O4Si2. The molecule has 0 aromatic heterocycles. The Morgan fingerprint density at radius 1 is 0.875 bits per heavy atom. The smallest absolute Gasteiger partial charge is 0.314 e. The van der Waals surface area contributed by atoms with Crippen molar-refractivity contribution in [2.45, 2.75) is 39.8 Å². The summed E-state index contributed by atoms with van der Waals surface area (Å²) in [7, 11) is 0.339. The monoisotopic (exact) mass is 258 g/mol. The molecule has 0 N–H and O–H groups in total. The standard InChI is InChI=1S/C10H18O4Si2/c1-7(2)9(11)13-15-5-6-16-14-10(12)8(3)4/h7-8H,5-6H2,1-4H3. The summed E-state index contributed by atoms with van der Waals surface area (Å²) in [6.45, 7) is 7.22. The molecule has 0 fully saturated rings. The Bertz CT molecular complexity index is 205. The minimum Gasteiger partial charge on any atom is -0.516 e. The fourth-order valence-corrected chi connectivity index (χ4v) is 2.36. The predicted octanol–water partition coefficient (Wildman–Crippen LogP) is 1.46.